The zero-order valence-corrected chi connectivity index (χ0v) is 13.5. The van der Waals surface area contributed by atoms with E-state index in [4.69, 9.17) is 0 Å². The third kappa shape index (κ3) is 5.14. The maximum absolute atomic E-state index is 13.6. The first-order valence-corrected chi connectivity index (χ1v) is 7.41. The number of anilines is 3. The van der Waals surface area contributed by atoms with Gasteiger partial charge in [-0.1, -0.05) is 0 Å². The molecule has 0 bridgehead atoms. The van der Waals surface area contributed by atoms with Crippen molar-refractivity contribution in [3.8, 4) is 0 Å². The van der Waals surface area contributed by atoms with Gasteiger partial charge in [0.15, 0.2) is 0 Å². The Bertz CT molecular complexity index is 648. The van der Waals surface area contributed by atoms with Gasteiger partial charge in [0, 0.05) is 24.8 Å². The molecule has 1 unspecified atom stereocenters. The van der Waals surface area contributed by atoms with E-state index >= 15 is 0 Å². The van der Waals surface area contributed by atoms with E-state index in [9.17, 15) is 8.78 Å². The third-order valence-electron chi connectivity index (χ3n) is 3.58. The fourth-order valence-electron chi connectivity index (χ4n) is 1.90. The summed E-state index contributed by atoms with van der Waals surface area (Å²) in [5.74, 6) is -0.251. The number of aromatic nitrogens is 2. The number of halogens is 2. The standard InChI is InChI=1S/C16H21F2N5/c1-11(23(2)3)6-8-19-15-7-9-20-16(22-15)21-14-10-12(17)4-5-13(14)18/h4-5,7,9-11H,6,8H2,1-3H3,(H2,19,20,21,22). The van der Waals surface area contributed by atoms with Gasteiger partial charge in [-0.3, -0.25) is 0 Å². The van der Waals surface area contributed by atoms with Crippen molar-refractivity contribution in [1.29, 1.82) is 0 Å². The molecular formula is C16H21F2N5. The monoisotopic (exact) mass is 321 g/mol. The van der Waals surface area contributed by atoms with Crippen LogP contribution in [-0.4, -0.2) is 41.5 Å². The molecule has 0 saturated carbocycles. The van der Waals surface area contributed by atoms with E-state index in [2.05, 4.69) is 32.4 Å². The van der Waals surface area contributed by atoms with E-state index in [1.165, 1.54) is 0 Å². The zero-order chi connectivity index (χ0) is 16.8. The second kappa shape index (κ2) is 7.82. The molecule has 124 valence electrons. The molecular weight excluding hydrogens is 300 g/mol. The number of rotatable bonds is 7. The highest BCUT2D eigenvalue weighted by molar-refractivity contribution is 5.55. The Morgan fingerprint density at radius 1 is 1.22 bits per heavy atom. The van der Waals surface area contributed by atoms with Crippen LogP contribution in [0.1, 0.15) is 13.3 Å². The van der Waals surface area contributed by atoms with Crippen molar-refractivity contribution in [2.24, 2.45) is 0 Å². The van der Waals surface area contributed by atoms with Crippen LogP contribution < -0.4 is 10.6 Å². The van der Waals surface area contributed by atoms with Crippen LogP contribution in [0.2, 0.25) is 0 Å². The van der Waals surface area contributed by atoms with E-state index in [1.807, 2.05) is 14.1 Å². The van der Waals surface area contributed by atoms with Gasteiger partial charge < -0.3 is 15.5 Å². The number of benzene rings is 1. The zero-order valence-electron chi connectivity index (χ0n) is 13.5. The minimum atomic E-state index is -0.562. The predicted octanol–water partition coefficient (Wildman–Crippen LogP) is 3.25. The summed E-state index contributed by atoms with van der Waals surface area (Å²) in [5, 5.41) is 5.88. The quantitative estimate of drug-likeness (QED) is 0.820. The maximum Gasteiger partial charge on any atom is 0.229 e. The summed E-state index contributed by atoms with van der Waals surface area (Å²) < 4.78 is 26.8. The van der Waals surface area contributed by atoms with Crippen molar-refractivity contribution in [2.45, 2.75) is 19.4 Å². The Kier molecular flexibility index (Phi) is 5.81. The van der Waals surface area contributed by atoms with Crippen molar-refractivity contribution in [1.82, 2.24) is 14.9 Å². The average molecular weight is 321 g/mol. The molecule has 2 aromatic rings. The Hall–Kier alpha value is -2.28. The Labute approximate surface area is 134 Å². The van der Waals surface area contributed by atoms with E-state index in [0.29, 0.717) is 11.9 Å². The van der Waals surface area contributed by atoms with Gasteiger partial charge in [0.25, 0.3) is 0 Å². The number of hydrogen-bond acceptors (Lipinski definition) is 5. The van der Waals surface area contributed by atoms with Crippen molar-refractivity contribution in [2.75, 3.05) is 31.3 Å². The van der Waals surface area contributed by atoms with Gasteiger partial charge in [0.05, 0.1) is 5.69 Å². The fraction of sp³-hybridized carbons (Fsp3) is 0.375. The Balaban J connectivity index is 1.98. The van der Waals surface area contributed by atoms with E-state index < -0.39 is 11.6 Å². The summed E-state index contributed by atoms with van der Waals surface area (Å²) in [4.78, 5) is 10.4. The molecule has 1 aromatic carbocycles. The minimum absolute atomic E-state index is 0.00313. The lowest BCUT2D eigenvalue weighted by Gasteiger charge is -2.19. The number of nitrogens with one attached hydrogen (secondary N) is 2. The molecule has 0 amide bonds. The predicted molar refractivity (Wildman–Crippen MR) is 87.9 cm³/mol. The Morgan fingerprint density at radius 3 is 2.74 bits per heavy atom. The summed E-state index contributed by atoms with van der Waals surface area (Å²) in [7, 11) is 4.07. The molecule has 0 radical (unpaired) electrons. The van der Waals surface area contributed by atoms with Crippen molar-refractivity contribution < 1.29 is 8.78 Å². The molecule has 1 atom stereocenters. The van der Waals surface area contributed by atoms with Crippen LogP contribution >= 0.6 is 0 Å². The van der Waals surface area contributed by atoms with Crippen LogP contribution in [0.4, 0.5) is 26.2 Å². The van der Waals surface area contributed by atoms with Crippen LogP contribution in [0.3, 0.4) is 0 Å². The first-order valence-electron chi connectivity index (χ1n) is 7.41. The molecule has 7 heteroatoms. The van der Waals surface area contributed by atoms with Gasteiger partial charge in [-0.25, -0.2) is 13.8 Å². The van der Waals surface area contributed by atoms with E-state index in [0.717, 1.165) is 31.2 Å². The summed E-state index contributed by atoms with van der Waals surface area (Å²) in [6.45, 7) is 2.89. The molecule has 0 spiro atoms. The Morgan fingerprint density at radius 2 is 2.00 bits per heavy atom. The normalized spacial score (nSPS) is 12.3. The molecule has 0 fully saturated rings. The van der Waals surface area contributed by atoms with Gasteiger partial charge >= 0.3 is 0 Å². The molecule has 23 heavy (non-hydrogen) atoms. The minimum Gasteiger partial charge on any atom is -0.370 e. The van der Waals surface area contributed by atoms with Crippen molar-refractivity contribution >= 4 is 17.5 Å². The summed E-state index contributed by atoms with van der Waals surface area (Å²) in [6, 6.07) is 5.36. The highest BCUT2D eigenvalue weighted by Crippen LogP contribution is 2.19. The highest BCUT2D eigenvalue weighted by atomic mass is 19.1. The summed E-state index contributed by atoms with van der Waals surface area (Å²) in [6.07, 6.45) is 2.52. The molecule has 2 rings (SSSR count). The summed E-state index contributed by atoms with van der Waals surface area (Å²) in [5.41, 5.74) is 0.00313. The molecule has 0 aliphatic carbocycles. The molecule has 0 saturated heterocycles. The van der Waals surface area contributed by atoms with E-state index in [-0.39, 0.29) is 11.6 Å². The smallest absolute Gasteiger partial charge is 0.229 e. The lowest BCUT2D eigenvalue weighted by molar-refractivity contribution is 0.304. The number of nitrogens with zero attached hydrogens (tertiary/aromatic N) is 3. The van der Waals surface area contributed by atoms with Crippen LogP contribution in [0, 0.1) is 11.6 Å². The van der Waals surface area contributed by atoms with Crippen LogP contribution in [-0.2, 0) is 0 Å². The van der Waals surface area contributed by atoms with E-state index in [1.54, 1.807) is 12.3 Å². The van der Waals surface area contributed by atoms with Crippen LogP contribution in [0.5, 0.6) is 0 Å². The van der Waals surface area contributed by atoms with Crippen molar-refractivity contribution in [3.05, 3.63) is 42.1 Å². The average Bonchev–Trinajstić information content (AvgIpc) is 2.51. The van der Waals surface area contributed by atoms with Gasteiger partial charge in [-0.15, -0.1) is 0 Å². The van der Waals surface area contributed by atoms with Gasteiger partial charge in [0.2, 0.25) is 5.95 Å². The second-order valence-electron chi connectivity index (χ2n) is 5.54. The molecule has 2 N–H and O–H groups in total. The van der Waals surface area contributed by atoms with Crippen LogP contribution in [0.25, 0.3) is 0 Å². The lowest BCUT2D eigenvalue weighted by Crippen LogP contribution is -2.26. The maximum atomic E-state index is 13.6. The van der Waals surface area contributed by atoms with Crippen LogP contribution in [0.15, 0.2) is 30.5 Å². The number of hydrogen-bond donors (Lipinski definition) is 2. The topological polar surface area (TPSA) is 53.1 Å². The fourth-order valence-corrected chi connectivity index (χ4v) is 1.90. The SMILES string of the molecule is CC(CCNc1ccnc(Nc2cc(F)ccc2F)n1)N(C)C. The lowest BCUT2D eigenvalue weighted by atomic mass is 10.2. The van der Waals surface area contributed by atoms with Gasteiger partial charge in [0.1, 0.15) is 17.5 Å². The van der Waals surface area contributed by atoms with Gasteiger partial charge in [-0.2, -0.15) is 4.98 Å². The molecule has 0 aliphatic heterocycles. The van der Waals surface area contributed by atoms with Crippen molar-refractivity contribution in [3.63, 3.8) is 0 Å². The molecule has 0 aliphatic rings. The molecule has 1 aromatic heterocycles. The molecule has 1 heterocycles. The highest BCUT2D eigenvalue weighted by Gasteiger charge is 2.07. The molecule has 5 nitrogen and oxygen atoms in total. The third-order valence-corrected chi connectivity index (χ3v) is 3.58. The van der Waals surface area contributed by atoms with Gasteiger partial charge in [-0.05, 0) is 45.6 Å². The summed E-state index contributed by atoms with van der Waals surface area (Å²) >= 11 is 0. The first-order chi connectivity index (χ1) is 11.0. The first kappa shape index (κ1) is 17.1. The largest absolute Gasteiger partial charge is 0.370 e. The second-order valence-corrected chi connectivity index (χ2v) is 5.54.